The predicted octanol–water partition coefficient (Wildman–Crippen LogP) is 1.00. The molecule has 0 fully saturated rings. The van der Waals surface area contributed by atoms with E-state index in [1.807, 2.05) is 27.7 Å². The second kappa shape index (κ2) is 4.69. The van der Waals surface area contributed by atoms with E-state index in [0.29, 0.717) is 5.92 Å². The Bertz CT molecular complexity index is 83.3. The number of likely N-dealkylation sites (N-methyl/N-ethyl adjacent to an activating group) is 1. The minimum Gasteiger partial charge on any atom is -0.391 e. The topological polar surface area (TPSA) is 32.3 Å². The van der Waals surface area contributed by atoms with Crippen LogP contribution in [0.4, 0.5) is 0 Å². The number of aliphatic hydroxyl groups is 1. The van der Waals surface area contributed by atoms with Gasteiger partial charge in [-0.1, -0.05) is 20.8 Å². The van der Waals surface area contributed by atoms with E-state index in [9.17, 15) is 5.11 Å². The highest BCUT2D eigenvalue weighted by atomic mass is 16.3. The fourth-order valence-corrected chi connectivity index (χ4v) is 1.02. The predicted molar refractivity (Wildman–Crippen MR) is 44.0 cm³/mol. The van der Waals surface area contributed by atoms with Gasteiger partial charge in [-0.2, -0.15) is 0 Å². The number of rotatable bonds is 4. The summed E-state index contributed by atoms with van der Waals surface area (Å²) in [5.41, 5.74) is 0. The quantitative estimate of drug-likeness (QED) is 0.618. The molecule has 0 aromatic heterocycles. The summed E-state index contributed by atoms with van der Waals surface area (Å²) < 4.78 is 0. The monoisotopic (exact) mass is 145 g/mol. The Kier molecular flexibility index (Phi) is 4.65. The van der Waals surface area contributed by atoms with Crippen molar-refractivity contribution in [3.05, 3.63) is 0 Å². The molecular weight excluding hydrogens is 126 g/mol. The lowest BCUT2D eigenvalue weighted by molar-refractivity contribution is 0.0906. The minimum atomic E-state index is -0.222. The van der Waals surface area contributed by atoms with Crippen molar-refractivity contribution in [3.63, 3.8) is 0 Å². The second-order valence-electron chi connectivity index (χ2n) is 3.08. The van der Waals surface area contributed by atoms with Gasteiger partial charge in [0.25, 0.3) is 0 Å². The van der Waals surface area contributed by atoms with Crippen molar-refractivity contribution in [3.8, 4) is 0 Å². The van der Waals surface area contributed by atoms with Gasteiger partial charge in [0.1, 0.15) is 0 Å². The van der Waals surface area contributed by atoms with Crippen molar-refractivity contribution in [2.75, 3.05) is 6.54 Å². The van der Waals surface area contributed by atoms with E-state index in [1.54, 1.807) is 0 Å². The number of aliphatic hydroxyl groups excluding tert-OH is 1. The Labute approximate surface area is 63.6 Å². The van der Waals surface area contributed by atoms with Crippen molar-refractivity contribution >= 4 is 0 Å². The average Bonchev–Trinajstić information content (AvgIpc) is 1.87. The Morgan fingerprint density at radius 3 is 2.10 bits per heavy atom. The maximum Gasteiger partial charge on any atom is 0.0713 e. The molecule has 0 radical (unpaired) electrons. The molecule has 0 aromatic carbocycles. The van der Waals surface area contributed by atoms with E-state index in [0.717, 1.165) is 6.54 Å². The van der Waals surface area contributed by atoms with Crippen LogP contribution in [0.1, 0.15) is 27.7 Å². The average molecular weight is 145 g/mol. The van der Waals surface area contributed by atoms with Gasteiger partial charge in [-0.15, -0.1) is 0 Å². The molecule has 0 heterocycles. The maximum atomic E-state index is 9.46. The summed E-state index contributed by atoms with van der Waals surface area (Å²) in [5.74, 6) is 0.342. The number of hydrogen-bond acceptors (Lipinski definition) is 2. The number of nitrogens with one attached hydrogen (secondary N) is 1. The van der Waals surface area contributed by atoms with Gasteiger partial charge in [0.2, 0.25) is 0 Å². The zero-order valence-electron chi connectivity index (χ0n) is 7.39. The molecule has 0 bridgehead atoms. The van der Waals surface area contributed by atoms with Crippen LogP contribution in [0.3, 0.4) is 0 Å². The van der Waals surface area contributed by atoms with E-state index in [4.69, 9.17) is 0 Å². The molecule has 0 spiro atoms. The molecule has 0 rings (SSSR count). The van der Waals surface area contributed by atoms with Crippen LogP contribution in [0.2, 0.25) is 0 Å². The first kappa shape index (κ1) is 9.92. The van der Waals surface area contributed by atoms with Crippen LogP contribution in [0.25, 0.3) is 0 Å². The lowest BCUT2D eigenvalue weighted by Gasteiger charge is -2.22. The zero-order chi connectivity index (χ0) is 8.15. The molecule has 0 aliphatic heterocycles. The Morgan fingerprint density at radius 1 is 1.30 bits per heavy atom. The molecule has 62 valence electrons. The fraction of sp³-hybridized carbons (Fsp3) is 1.00. The van der Waals surface area contributed by atoms with E-state index in [1.165, 1.54) is 0 Å². The molecule has 0 amide bonds. The largest absolute Gasteiger partial charge is 0.391 e. The summed E-state index contributed by atoms with van der Waals surface area (Å²) in [6, 6.07) is 0.213. The lowest BCUT2D eigenvalue weighted by atomic mass is 10.0. The molecule has 0 saturated heterocycles. The first-order valence-electron chi connectivity index (χ1n) is 4.01. The van der Waals surface area contributed by atoms with Crippen molar-refractivity contribution < 1.29 is 5.11 Å². The first-order chi connectivity index (χ1) is 4.59. The van der Waals surface area contributed by atoms with Gasteiger partial charge >= 0.3 is 0 Å². The van der Waals surface area contributed by atoms with Gasteiger partial charge in [0.15, 0.2) is 0 Å². The molecule has 2 heteroatoms. The van der Waals surface area contributed by atoms with Crippen LogP contribution in [0.15, 0.2) is 0 Å². The van der Waals surface area contributed by atoms with E-state index in [2.05, 4.69) is 5.32 Å². The Morgan fingerprint density at radius 2 is 1.80 bits per heavy atom. The first-order valence-corrected chi connectivity index (χ1v) is 4.01. The highest BCUT2D eigenvalue weighted by Gasteiger charge is 2.15. The van der Waals surface area contributed by atoms with Gasteiger partial charge in [0, 0.05) is 6.04 Å². The summed E-state index contributed by atoms with van der Waals surface area (Å²) in [5, 5.41) is 12.6. The maximum absolute atomic E-state index is 9.46. The SMILES string of the molecule is CCNC(C)C(O)C(C)C. The lowest BCUT2D eigenvalue weighted by Crippen LogP contribution is -2.40. The van der Waals surface area contributed by atoms with Gasteiger partial charge in [-0.05, 0) is 19.4 Å². The number of hydrogen-bond donors (Lipinski definition) is 2. The Hall–Kier alpha value is -0.0800. The van der Waals surface area contributed by atoms with Crippen LogP contribution in [0.5, 0.6) is 0 Å². The normalized spacial score (nSPS) is 17.4. The summed E-state index contributed by atoms with van der Waals surface area (Å²) in [4.78, 5) is 0. The van der Waals surface area contributed by atoms with Crippen molar-refractivity contribution in [2.45, 2.75) is 39.8 Å². The van der Waals surface area contributed by atoms with Crippen LogP contribution >= 0.6 is 0 Å². The van der Waals surface area contributed by atoms with Crippen LogP contribution < -0.4 is 5.32 Å². The van der Waals surface area contributed by atoms with Gasteiger partial charge < -0.3 is 10.4 Å². The van der Waals surface area contributed by atoms with Crippen molar-refractivity contribution in [2.24, 2.45) is 5.92 Å². The summed E-state index contributed by atoms with van der Waals surface area (Å²) >= 11 is 0. The second-order valence-corrected chi connectivity index (χ2v) is 3.08. The molecule has 2 N–H and O–H groups in total. The summed E-state index contributed by atoms with van der Waals surface area (Å²) in [6.45, 7) is 9.03. The Balaban J connectivity index is 3.58. The highest BCUT2D eigenvalue weighted by Crippen LogP contribution is 2.04. The standard InChI is InChI=1S/C8H19NO/c1-5-9-7(4)8(10)6(2)3/h6-10H,5H2,1-4H3. The zero-order valence-corrected chi connectivity index (χ0v) is 7.39. The van der Waals surface area contributed by atoms with Crippen LogP contribution in [-0.4, -0.2) is 23.8 Å². The van der Waals surface area contributed by atoms with Crippen molar-refractivity contribution in [1.82, 2.24) is 5.32 Å². The van der Waals surface area contributed by atoms with Crippen molar-refractivity contribution in [1.29, 1.82) is 0 Å². The summed E-state index contributed by atoms with van der Waals surface area (Å²) in [6.07, 6.45) is -0.222. The van der Waals surface area contributed by atoms with Gasteiger partial charge in [0.05, 0.1) is 6.10 Å². The summed E-state index contributed by atoms with van der Waals surface area (Å²) in [7, 11) is 0. The van der Waals surface area contributed by atoms with Crippen LogP contribution in [0, 0.1) is 5.92 Å². The fourth-order valence-electron chi connectivity index (χ4n) is 1.02. The molecule has 0 aliphatic rings. The van der Waals surface area contributed by atoms with Crippen LogP contribution in [-0.2, 0) is 0 Å². The minimum absolute atomic E-state index is 0.213. The van der Waals surface area contributed by atoms with E-state index < -0.39 is 0 Å². The van der Waals surface area contributed by atoms with Gasteiger partial charge in [-0.25, -0.2) is 0 Å². The third kappa shape index (κ3) is 3.18. The molecular formula is C8H19NO. The molecule has 10 heavy (non-hydrogen) atoms. The molecule has 2 unspecified atom stereocenters. The molecule has 0 aliphatic carbocycles. The molecule has 2 nitrogen and oxygen atoms in total. The third-order valence-corrected chi connectivity index (χ3v) is 1.72. The smallest absolute Gasteiger partial charge is 0.0713 e. The highest BCUT2D eigenvalue weighted by molar-refractivity contribution is 4.72. The van der Waals surface area contributed by atoms with E-state index >= 15 is 0 Å². The molecule has 0 saturated carbocycles. The molecule has 0 aromatic rings. The third-order valence-electron chi connectivity index (χ3n) is 1.72. The molecule has 2 atom stereocenters. The van der Waals surface area contributed by atoms with Gasteiger partial charge in [-0.3, -0.25) is 0 Å². The van der Waals surface area contributed by atoms with E-state index in [-0.39, 0.29) is 12.1 Å².